The molecule has 2 fully saturated rings. The third-order valence-corrected chi connectivity index (χ3v) is 8.86. The molecule has 0 amide bonds. The molecule has 41 heavy (non-hydrogen) atoms. The number of unbranched alkanes of at least 4 members (excludes halogenated alkanes) is 2. The Bertz CT molecular complexity index is 868. The summed E-state index contributed by atoms with van der Waals surface area (Å²) in [6.45, 7) is 31.4. The molecule has 3 heterocycles. The van der Waals surface area contributed by atoms with E-state index in [9.17, 15) is 0 Å². The quantitative estimate of drug-likeness (QED) is 0.276. The Morgan fingerprint density at radius 2 is 0.878 bits per heavy atom. The zero-order valence-electron chi connectivity index (χ0n) is 28.8. The van der Waals surface area contributed by atoms with Crippen LogP contribution in [0.15, 0.2) is 0 Å². The molecule has 1 aromatic rings. The van der Waals surface area contributed by atoms with Crippen molar-refractivity contribution in [3.05, 3.63) is 0 Å². The molecule has 0 radical (unpaired) electrons. The maximum atomic E-state index is 5.32. The van der Waals surface area contributed by atoms with Crippen molar-refractivity contribution in [1.82, 2.24) is 25.6 Å². The van der Waals surface area contributed by atoms with Crippen molar-refractivity contribution in [3.63, 3.8) is 0 Å². The molecule has 0 spiro atoms. The third kappa shape index (κ3) is 9.16. The number of hydrogen-bond acceptors (Lipinski definition) is 8. The largest absolute Gasteiger partial charge is 0.341 e. The molecule has 0 aliphatic carbocycles. The van der Waals surface area contributed by atoms with Crippen LogP contribution in [-0.4, -0.2) is 75.4 Å². The first-order valence-electron chi connectivity index (χ1n) is 16.7. The number of nitrogens with zero attached hydrogens (tertiary/aromatic N) is 6. The van der Waals surface area contributed by atoms with Crippen LogP contribution in [0.3, 0.4) is 0 Å². The molecule has 0 saturated carbocycles. The molecule has 0 unspecified atom stereocenters. The summed E-state index contributed by atoms with van der Waals surface area (Å²) in [4.78, 5) is 23.2. The highest BCUT2D eigenvalue weighted by molar-refractivity contribution is 5.48. The Hall–Kier alpha value is -1.67. The van der Waals surface area contributed by atoms with Gasteiger partial charge in [-0.3, -0.25) is 0 Å². The van der Waals surface area contributed by atoms with Crippen LogP contribution in [0.5, 0.6) is 0 Å². The van der Waals surface area contributed by atoms with Gasteiger partial charge in [0.1, 0.15) is 0 Å². The van der Waals surface area contributed by atoms with E-state index >= 15 is 0 Å². The highest BCUT2D eigenvalue weighted by Gasteiger charge is 2.42. The van der Waals surface area contributed by atoms with Crippen molar-refractivity contribution in [3.8, 4) is 0 Å². The predicted octanol–water partition coefficient (Wildman–Crippen LogP) is 6.55. The number of piperidine rings is 2. The van der Waals surface area contributed by atoms with Gasteiger partial charge < -0.3 is 25.3 Å². The van der Waals surface area contributed by atoms with Crippen LogP contribution in [0.25, 0.3) is 0 Å². The fourth-order valence-electron chi connectivity index (χ4n) is 7.85. The monoisotopic (exact) mass is 573 g/mol. The van der Waals surface area contributed by atoms with Gasteiger partial charge in [0.2, 0.25) is 17.8 Å². The van der Waals surface area contributed by atoms with E-state index in [4.69, 9.17) is 15.0 Å². The molecule has 236 valence electrons. The Kier molecular flexibility index (Phi) is 11.0. The molecular formula is C33H64N8. The van der Waals surface area contributed by atoms with Crippen LogP contribution < -0.4 is 25.3 Å². The highest BCUT2D eigenvalue weighted by atomic mass is 15.4. The van der Waals surface area contributed by atoms with Crippen molar-refractivity contribution < 1.29 is 0 Å². The zero-order valence-corrected chi connectivity index (χ0v) is 28.8. The van der Waals surface area contributed by atoms with Crippen molar-refractivity contribution in [2.45, 2.75) is 169 Å². The summed E-state index contributed by atoms with van der Waals surface area (Å²) in [6.07, 6.45) is 8.84. The number of anilines is 3. The lowest BCUT2D eigenvalue weighted by Gasteiger charge is -2.50. The number of aromatic nitrogens is 3. The SMILES string of the molecule is CCCCN(CCCC)c1nc(N(CC)C2CC(C)(C)NC(C)(C)C2)nc(N(CC)C2CC(C)(C)NC(C)(C)C2)n1. The molecule has 2 aliphatic rings. The van der Waals surface area contributed by atoms with Gasteiger partial charge in [-0.2, -0.15) is 15.0 Å². The minimum Gasteiger partial charge on any atom is -0.341 e. The smallest absolute Gasteiger partial charge is 0.232 e. The van der Waals surface area contributed by atoms with Crippen LogP contribution in [0.4, 0.5) is 17.8 Å². The summed E-state index contributed by atoms with van der Waals surface area (Å²) in [5.41, 5.74) is 0.201. The minimum absolute atomic E-state index is 0.0501. The lowest BCUT2D eigenvalue weighted by atomic mass is 9.79. The average Bonchev–Trinajstić information content (AvgIpc) is 2.81. The van der Waals surface area contributed by atoms with Crippen molar-refractivity contribution >= 4 is 17.8 Å². The van der Waals surface area contributed by atoms with Gasteiger partial charge in [0, 0.05) is 60.4 Å². The standard InChI is InChI=1S/C33H64N8/c1-13-17-19-39(20-18-14-2)27-34-28(40(15-3)25-21-30(5,6)37-31(7,8)22-25)36-29(35-27)41(16-4)26-23-32(9,10)38-33(11,12)24-26/h25-26,37-38H,13-24H2,1-12H3. The van der Waals surface area contributed by atoms with Crippen molar-refractivity contribution in [2.24, 2.45) is 0 Å². The van der Waals surface area contributed by atoms with E-state index in [1.54, 1.807) is 0 Å². The first kappa shape index (κ1) is 33.8. The summed E-state index contributed by atoms with van der Waals surface area (Å²) in [5.74, 6) is 2.54. The highest BCUT2D eigenvalue weighted by Crippen LogP contribution is 2.36. The fourth-order valence-corrected chi connectivity index (χ4v) is 7.85. The Morgan fingerprint density at radius 3 is 1.17 bits per heavy atom. The molecule has 0 atom stereocenters. The van der Waals surface area contributed by atoms with E-state index < -0.39 is 0 Å². The van der Waals surface area contributed by atoms with Gasteiger partial charge in [0.05, 0.1) is 0 Å². The summed E-state index contributed by atoms with van der Waals surface area (Å²) in [6, 6.07) is 0.724. The second kappa shape index (κ2) is 13.3. The second-order valence-electron chi connectivity index (χ2n) is 15.4. The van der Waals surface area contributed by atoms with E-state index in [2.05, 4.69) is 108 Å². The second-order valence-corrected chi connectivity index (χ2v) is 15.4. The number of rotatable bonds is 13. The molecule has 2 saturated heterocycles. The fraction of sp³-hybridized carbons (Fsp3) is 0.909. The summed E-state index contributed by atoms with van der Waals surface area (Å²) >= 11 is 0. The van der Waals surface area contributed by atoms with Crippen molar-refractivity contribution in [2.75, 3.05) is 40.9 Å². The number of hydrogen-bond donors (Lipinski definition) is 2. The van der Waals surface area contributed by atoms with Crippen molar-refractivity contribution in [1.29, 1.82) is 0 Å². The van der Waals surface area contributed by atoms with Gasteiger partial charge in [-0.1, -0.05) is 26.7 Å². The van der Waals surface area contributed by atoms with Crippen LogP contribution >= 0.6 is 0 Å². The lowest BCUT2D eigenvalue weighted by Crippen LogP contribution is -2.62. The zero-order chi connectivity index (χ0) is 30.6. The van der Waals surface area contributed by atoms with Gasteiger partial charge in [-0.15, -0.1) is 0 Å². The molecule has 8 nitrogen and oxygen atoms in total. The minimum atomic E-state index is 0.0501. The van der Waals surface area contributed by atoms with Gasteiger partial charge >= 0.3 is 0 Å². The van der Waals surface area contributed by atoms with Gasteiger partial charge in [-0.25, -0.2) is 0 Å². The first-order valence-corrected chi connectivity index (χ1v) is 16.7. The Labute approximate surface area is 252 Å². The third-order valence-electron chi connectivity index (χ3n) is 8.86. The van der Waals surface area contributed by atoms with E-state index in [0.29, 0.717) is 12.1 Å². The van der Waals surface area contributed by atoms with Gasteiger partial charge in [-0.05, 0) is 108 Å². The van der Waals surface area contributed by atoms with Crippen LogP contribution in [0.2, 0.25) is 0 Å². The molecule has 0 bridgehead atoms. The van der Waals surface area contributed by atoms with E-state index in [0.717, 1.165) is 95.4 Å². The normalized spacial score (nSPS) is 22.0. The molecule has 8 heteroatoms. The van der Waals surface area contributed by atoms with Crippen LogP contribution in [-0.2, 0) is 0 Å². The Balaban J connectivity index is 2.12. The Morgan fingerprint density at radius 1 is 0.561 bits per heavy atom. The summed E-state index contributed by atoms with van der Waals surface area (Å²) in [5, 5.41) is 7.73. The topological polar surface area (TPSA) is 72.5 Å². The molecule has 2 N–H and O–H groups in total. The van der Waals surface area contributed by atoms with Crippen LogP contribution in [0, 0.1) is 0 Å². The molecule has 2 aliphatic heterocycles. The average molecular weight is 573 g/mol. The van der Waals surface area contributed by atoms with Crippen LogP contribution in [0.1, 0.15) is 134 Å². The molecule has 3 rings (SSSR count). The maximum absolute atomic E-state index is 5.32. The lowest BCUT2D eigenvalue weighted by molar-refractivity contribution is 0.158. The van der Waals surface area contributed by atoms with E-state index in [1.807, 2.05) is 0 Å². The molecule has 0 aromatic carbocycles. The predicted molar refractivity (Wildman–Crippen MR) is 177 cm³/mol. The summed E-state index contributed by atoms with van der Waals surface area (Å²) < 4.78 is 0. The van der Waals surface area contributed by atoms with Gasteiger partial charge in [0.15, 0.2) is 0 Å². The first-order chi connectivity index (χ1) is 19.0. The molecular weight excluding hydrogens is 508 g/mol. The van der Waals surface area contributed by atoms with E-state index in [1.165, 1.54) is 0 Å². The molecule has 1 aromatic heterocycles. The van der Waals surface area contributed by atoms with Gasteiger partial charge in [0.25, 0.3) is 0 Å². The number of nitrogens with one attached hydrogen (secondary N) is 2. The maximum Gasteiger partial charge on any atom is 0.232 e. The summed E-state index contributed by atoms with van der Waals surface area (Å²) in [7, 11) is 0. The van der Waals surface area contributed by atoms with E-state index in [-0.39, 0.29) is 22.2 Å².